The molecule has 1 aromatic carbocycles. The highest BCUT2D eigenvalue weighted by molar-refractivity contribution is 5.97. The number of carbonyl (C=O) groups is 2. The Kier molecular flexibility index (Phi) is 7.09. The highest BCUT2D eigenvalue weighted by Crippen LogP contribution is 2.19. The summed E-state index contributed by atoms with van der Waals surface area (Å²) < 4.78 is 40.0. The number of alkyl halides is 2. The van der Waals surface area contributed by atoms with Crippen LogP contribution >= 0.6 is 0 Å². The Bertz CT molecular complexity index is 861. The summed E-state index contributed by atoms with van der Waals surface area (Å²) >= 11 is 0. The van der Waals surface area contributed by atoms with E-state index in [-0.39, 0.29) is 30.6 Å². The standard InChI is InChI=1S/C21H24F3N3O2/c22-15-3-1-5-17(10-15)27-12-14(9-18(28)6-7-20(23)24)19(13-27)21(29)26-16-4-2-8-25-11-16/h1,3,5,10,12-13,16,20,25H,2,4,6-9,11H2,(H,26,29)/t16-/m0/s1. The highest BCUT2D eigenvalue weighted by Gasteiger charge is 2.22. The van der Waals surface area contributed by atoms with Crippen molar-refractivity contribution in [3.05, 3.63) is 53.6 Å². The zero-order valence-corrected chi connectivity index (χ0v) is 16.0. The lowest BCUT2D eigenvalue weighted by Crippen LogP contribution is -2.45. The van der Waals surface area contributed by atoms with E-state index >= 15 is 0 Å². The van der Waals surface area contributed by atoms with Gasteiger partial charge in [-0.3, -0.25) is 9.59 Å². The number of carbonyl (C=O) groups excluding carboxylic acids is 2. The van der Waals surface area contributed by atoms with Crippen LogP contribution in [0.5, 0.6) is 0 Å². The number of hydrogen-bond donors (Lipinski definition) is 2. The zero-order chi connectivity index (χ0) is 20.8. The molecule has 0 spiro atoms. The van der Waals surface area contributed by atoms with Crippen molar-refractivity contribution in [1.29, 1.82) is 0 Å². The van der Waals surface area contributed by atoms with Crippen molar-refractivity contribution >= 4 is 11.7 Å². The molecule has 156 valence electrons. The lowest BCUT2D eigenvalue weighted by atomic mass is 10.0. The number of benzene rings is 1. The van der Waals surface area contributed by atoms with Crippen LogP contribution in [-0.4, -0.2) is 41.8 Å². The van der Waals surface area contributed by atoms with Gasteiger partial charge in [-0.1, -0.05) is 6.07 Å². The fraction of sp³-hybridized carbons (Fsp3) is 0.429. The van der Waals surface area contributed by atoms with E-state index < -0.39 is 18.7 Å². The molecule has 0 bridgehead atoms. The summed E-state index contributed by atoms with van der Waals surface area (Å²) in [5, 5.41) is 6.17. The minimum Gasteiger partial charge on any atom is -0.348 e. The lowest BCUT2D eigenvalue weighted by molar-refractivity contribution is -0.119. The minimum atomic E-state index is -2.54. The molecule has 5 nitrogen and oxygen atoms in total. The van der Waals surface area contributed by atoms with Crippen LogP contribution in [0.4, 0.5) is 13.2 Å². The van der Waals surface area contributed by atoms with Gasteiger partial charge in [0.1, 0.15) is 11.6 Å². The Morgan fingerprint density at radius 1 is 1.28 bits per heavy atom. The number of hydrogen-bond acceptors (Lipinski definition) is 3. The molecule has 8 heteroatoms. The Hall–Kier alpha value is -2.61. The van der Waals surface area contributed by atoms with Crippen molar-refractivity contribution < 1.29 is 22.8 Å². The molecule has 1 atom stereocenters. The Morgan fingerprint density at radius 3 is 2.79 bits per heavy atom. The summed E-state index contributed by atoms with van der Waals surface area (Å²) in [5.41, 5.74) is 1.24. The van der Waals surface area contributed by atoms with E-state index in [1.807, 2.05) is 0 Å². The van der Waals surface area contributed by atoms with Crippen LogP contribution in [0, 0.1) is 5.82 Å². The van der Waals surface area contributed by atoms with Gasteiger partial charge in [0.05, 0.1) is 5.56 Å². The van der Waals surface area contributed by atoms with Crippen molar-refractivity contribution in [2.45, 2.75) is 44.6 Å². The summed E-state index contributed by atoms with van der Waals surface area (Å²) in [4.78, 5) is 25.0. The van der Waals surface area contributed by atoms with E-state index in [2.05, 4.69) is 10.6 Å². The van der Waals surface area contributed by atoms with Gasteiger partial charge in [0.2, 0.25) is 6.43 Å². The molecule has 2 N–H and O–H groups in total. The summed E-state index contributed by atoms with van der Waals surface area (Å²) in [6, 6.07) is 5.83. The van der Waals surface area contributed by atoms with Gasteiger partial charge in [0.25, 0.3) is 5.91 Å². The SMILES string of the molecule is O=C(CCC(F)F)Cc1cn(-c2cccc(F)c2)cc1C(=O)N[C@H]1CCCNC1. The van der Waals surface area contributed by atoms with Gasteiger partial charge in [-0.2, -0.15) is 0 Å². The van der Waals surface area contributed by atoms with Crippen LogP contribution in [0.25, 0.3) is 5.69 Å². The van der Waals surface area contributed by atoms with Crippen molar-refractivity contribution in [3.63, 3.8) is 0 Å². The van der Waals surface area contributed by atoms with Crippen molar-refractivity contribution in [2.75, 3.05) is 13.1 Å². The Labute approximate surface area is 167 Å². The fourth-order valence-electron chi connectivity index (χ4n) is 3.44. The van der Waals surface area contributed by atoms with Crippen LogP contribution in [0.1, 0.15) is 41.6 Å². The first-order chi connectivity index (χ1) is 13.9. The van der Waals surface area contributed by atoms with Gasteiger partial charge in [-0.25, -0.2) is 13.2 Å². The van der Waals surface area contributed by atoms with Gasteiger partial charge in [0, 0.05) is 49.9 Å². The van der Waals surface area contributed by atoms with Gasteiger partial charge in [-0.05, 0) is 43.1 Å². The van der Waals surface area contributed by atoms with Gasteiger partial charge >= 0.3 is 0 Å². The van der Waals surface area contributed by atoms with E-state index in [0.29, 0.717) is 23.4 Å². The predicted octanol–water partition coefficient (Wildman–Crippen LogP) is 3.26. The summed E-state index contributed by atoms with van der Waals surface area (Å²) in [5.74, 6) is -1.12. The smallest absolute Gasteiger partial charge is 0.253 e. The number of nitrogens with one attached hydrogen (secondary N) is 2. The maximum absolute atomic E-state index is 13.6. The normalized spacial score (nSPS) is 16.8. The fourth-order valence-corrected chi connectivity index (χ4v) is 3.44. The first-order valence-corrected chi connectivity index (χ1v) is 9.70. The van der Waals surface area contributed by atoms with E-state index in [1.54, 1.807) is 29.1 Å². The van der Waals surface area contributed by atoms with Crippen LogP contribution < -0.4 is 10.6 Å². The largest absolute Gasteiger partial charge is 0.348 e. The second-order valence-electron chi connectivity index (χ2n) is 7.25. The number of rotatable bonds is 8. The summed E-state index contributed by atoms with van der Waals surface area (Å²) in [7, 11) is 0. The van der Waals surface area contributed by atoms with Crippen molar-refractivity contribution in [2.24, 2.45) is 0 Å². The molecule has 1 amide bonds. The average molecular weight is 407 g/mol. The van der Waals surface area contributed by atoms with Crippen molar-refractivity contribution in [1.82, 2.24) is 15.2 Å². The molecule has 1 aliphatic heterocycles. The lowest BCUT2D eigenvalue weighted by Gasteiger charge is -2.23. The third-order valence-corrected chi connectivity index (χ3v) is 4.92. The molecular formula is C21H24F3N3O2. The van der Waals surface area contributed by atoms with E-state index in [9.17, 15) is 22.8 Å². The molecule has 0 radical (unpaired) electrons. The van der Waals surface area contributed by atoms with Gasteiger partial charge in [0.15, 0.2) is 0 Å². The van der Waals surface area contributed by atoms with Gasteiger partial charge in [-0.15, -0.1) is 0 Å². The van der Waals surface area contributed by atoms with Crippen molar-refractivity contribution in [3.8, 4) is 5.69 Å². The molecule has 3 rings (SSSR count). The van der Waals surface area contributed by atoms with E-state index in [1.165, 1.54) is 12.1 Å². The second kappa shape index (κ2) is 9.73. The molecule has 2 aromatic rings. The summed E-state index contributed by atoms with van der Waals surface area (Å²) in [6.45, 7) is 1.57. The maximum atomic E-state index is 13.6. The number of piperidine rings is 1. The van der Waals surface area contributed by atoms with Crippen LogP contribution in [0.15, 0.2) is 36.7 Å². The third-order valence-electron chi connectivity index (χ3n) is 4.92. The van der Waals surface area contributed by atoms with Gasteiger partial charge < -0.3 is 15.2 Å². The quantitative estimate of drug-likeness (QED) is 0.706. The molecular weight excluding hydrogens is 383 g/mol. The molecule has 1 saturated heterocycles. The number of nitrogens with zero attached hydrogens (tertiary/aromatic N) is 1. The van der Waals surface area contributed by atoms with E-state index in [4.69, 9.17) is 0 Å². The summed E-state index contributed by atoms with van der Waals surface area (Å²) in [6.07, 6.45) is 1.52. The average Bonchev–Trinajstić information content (AvgIpc) is 3.11. The minimum absolute atomic E-state index is 0.0174. The second-order valence-corrected chi connectivity index (χ2v) is 7.25. The van der Waals surface area contributed by atoms with Crippen LogP contribution in [0.2, 0.25) is 0 Å². The highest BCUT2D eigenvalue weighted by atomic mass is 19.3. The monoisotopic (exact) mass is 407 g/mol. The number of Topliss-reactive ketones (excluding diaryl/α,β-unsaturated/α-hetero) is 1. The number of ketones is 1. The third kappa shape index (κ3) is 5.93. The Balaban J connectivity index is 1.83. The number of amides is 1. The zero-order valence-electron chi connectivity index (χ0n) is 16.0. The molecule has 2 heterocycles. The molecule has 0 unspecified atom stereocenters. The first kappa shape index (κ1) is 21.1. The number of halogens is 3. The topological polar surface area (TPSA) is 63.1 Å². The molecule has 1 aliphatic rings. The molecule has 29 heavy (non-hydrogen) atoms. The van der Waals surface area contributed by atoms with Crippen LogP contribution in [0.3, 0.4) is 0 Å². The van der Waals surface area contributed by atoms with Crippen LogP contribution in [-0.2, 0) is 11.2 Å². The Morgan fingerprint density at radius 2 is 2.10 bits per heavy atom. The molecule has 0 aliphatic carbocycles. The maximum Gasteiger partial charge on any atom is 0.253 e. The molecule has 1 fully saturated rings. The number of aromatic nitrogens is 1. The molecule has 1 aromatic heterocycles. The van der Waals surface area contributed by atoms with E-state index in [0.717, 1.165) is 19.4 Å². The molecule has 0 saturated carbocycles. The first-order valence-electron chi connectivity index (χ1n) is 9.70. The predicted molar refractivity (Wildman–Crippen MR) is 103 cm³/mol.